The quantitative estimate of drug-likeness (QED) is 0.719. The first kappa shape index (κ1) is 16.6. The van der Waals surface area contributed by atoms with E-state index in [-0.39, 0.29) is 18.8 Å². The van der Waals surface area contributed by atoms with E-state index < -0.39 is 7.82 Å². The first-order chi connectivity index (χ1) is 10.2. The first-order valence-corrected chi connectivity index (χ1v) is 8.53. The second-order valence-electron chi connectivity index (χ2n) is 4.96. The van der Waals surface area contributed by atoms with Gasteiger partial charge in [0, 0.05) is 26.6 Å². The van der Waals surface area contributed by atoms with Gasteiger partial charge in [0.15, 0.2) is 0 Å². The van der Waals surface area contributed by atoms with Gasteiger partial charge in [0.05, 0.1) is 18.8 Å². The van der Waals surface area contributed by atoms with Crippen LogP contribution in [0.2, 0.25) is 0 Å². The van der Waals surface area contributed by atoms with Crippen molar-refractivity contribution in [2.45, 2.75) is 44.5 Å². The van der Waals surface area contributed by atoms with E-state index in [1.165, 1.54) is 7.11 Å². The van der Waals surface area contributed by atoms with E-state index in [0.717, 1.165) is 31.2 Å². The minimum Gasteiger partial charge on any atom is -0.379 e. The van der Waals surface area contributed by atoms with Crippen LogP contribution >= 0.6 is 7.82 Å². The number of hydrogen-bond acceptors (Lipinski definition) is 6. The third-order valence-corrected chi connectivity index (χ3v) is 4.99. The van der Waals surface area contributed by atoms with Gasteiger partial charge >= 0.3 is 7.82 Å². The lowest BCUT2D eigenvalue weighted by atomic mass is 9.95. The number of methoxy groups -OCH3 is 1. The van der Waals surface area contributed by atoms with Crippen molar-refractivity contribution >= 4 is 7.82 Å². The molecule has 1 aromatic heterocycles. The molecule has 0 aromatic carbocycles. The van der Waals surface area contributed by atoms with Crippen LogP contribution in [0.25, 0.3) is 0 Å². The summed E-state index contributed by atoms with van der Waals surface area (Å²) in [5.74, 6) is 0. The van der Waals surface area contributed by atoms with Gasteiger partial charge in [-0.25, -0.2) is 4.57 Å². The summed E-state index contributed by atoms with van der Waals surface area (Å²) in [4.78, 5) is 3.92. The third-order valence-electron chi connectivity index (χ3n) is 3.57. The highest BCUT2D eigenvalue weighted by Crippen LogP contribution is 2.52. The van der Waals surface area contributed by atoms with E-state index in [4.69, 9.17) is 18.3 Å². The van der Waals surface area contributed by atoms with Crippen LogP contribution < -0.4 is 0 Å². The highest BCUT2D eigenvalue weighted by Gasteiger charge is 2.35. The van der Waals surface area contributed by atoms with Gasteiger partial charge < -0.3 is 4.74 Å². The Labute approximate surface area is 125 Å². The lowest BCUT2D eigenvalue weighted by molar-refractivity contribution is -0.0410. The van der Waals surface area contributed by atoms with Crippen LogP contribution in [-0.2, 0) is 29.5 Å². The minimum atomic E-state index is -3.59. The summed E-state index contributed by atoms with van der Waals surface area (Å²) in [6.45, 7) is 0.151. The maximum Gasteiger partial charge on any atom is 0.475 e. The van der Waals surface area contributed by atoms with Crippen LogP contribution in [0.4, 0.5) is 0 Å². The van der Waals surface area contributed by atoms with Gasteiger partial charge in [-0.05, 0) is 30.5 Å². The third kappa shape index (κ3) is 4.87. The van der Waals surface area contributed by atoms with Gasteiger partial charge in [0.2, 0.25) is 0 Å². The molecule has 0 N–H and O–H groups in total. The van der Waals surface area contributed by atoms with Gasteiger partial charge in [-0.1, -0.05) is 12.8 Å². The topological polar surface area (TPSA) is 66.9 Å². The Balaban J connectivity index is 1.95. The fraction of sp³-hybridized carbons (Fsp3) is 0.643. The van der Waals surface area contributed by atoms with Crippen LogP contribution in [0.15, 0.2) is 24.5 Å². The molecule has 0 bridgehead atoms. The van der Waals surface area contributed by atoms with Crippen LogP contribution in [0.1, 0.15) is 31.2 Å². The summed E-state index contributed by atoms with van der Waals surface area (Å²) < 4.78 is 33.9. The van der Waals surface area contributed by atoms with E-state index in [1.54, 1.807) is 31.6 Å². The SMILES string of the molecule is COC1CCCCC1OP(=O)(OC)OCc1ccncc1. The lowest BCUT2D eigenvalue weighted by Gasteiger charge is -2.31. The molecule has 21 heavy (non-hydrogen) atoms. The molecule has 3 unspecified atom stereocenters. The molecule has 1 heterocycles. The molecule has 7 heteroatoms. The number of phosphoric ester groups is 1. The van der Waals surface area contributed by atoms with E-state index in [9.17, 15) is 4.57 Å². The summed E-state index contributed by atoms with van der Waals surface area (Å²) in [6.07, 6.45) is 6.80. The smallest absolute Gasteiger partial charge is 0.379 e. The molecule has 0 radical (unpaired) electrons. The highest BCUT2D eigenvalue weighted by atomic mass is 31.2. The fourth-order valence-electron chi connectivity index (χ4n) is 2.38. The maximum atomic E-state index is 12.5. The van der Waals surface area contributed by atoms with Crippen LogP contribution in [-0.4, -0.2) is 31.4 Å². The summed E-state index contributed by atoms with van der Waals surface area (Å²) in [5, 5.41) is 0. The Kier molecular flexibility index (Phi) is 6.33. The van der Waals surface area contributed by atoms with E-state index in [2.05, 4.69) is 4.98 Å². The first-order valence-electron chi connectivity index (χ1n) is 7.07. The Morgan fingerprint density at radius 3 is 2.48 bits per heavy atom. The van der Waals surface area contributed by atoms with Crippen molar-refractivity contribution in [3.8, 4) is 0 Å². The summed E-state index contributed by atoms with van der Waals surface area (Å²) in [5.41, 5.74) is 0.859. The summed E-state index contributed by atoms with van der Waals surface area (Å²) in [6, 6.07) is 3.58. The predicted octanol–water partition coefficient (Wildman–Crippen LogP) is 3.33. The number of hydrogen-bond donors (Lipinski definition) is 0. The molecule has 1 aromatic rings. The molecular formula is C14H22NO5P. The number of phosphoric acid groups is 1. The largest absolute Gasteiger partial charge is 0.475 e. The Morgan fingerprint density at radius 2 is 1.86 bits per heavy atom. The van der Waals surface area contributed by atoms with Crippen molar-refractivity contribution in [2.75, 3.05) is 14.2 Å². The molecule has 0 spiro atoms. The second kappa shape index (κ2) is 8.01. The average Bonchev–Trinajstić information content (AvgIpc) is 2.54. The van der Waals surface area contributed by atoms with Crippen molar-refractivity contribution in [3.63, 3.8) is 0 Å². The summed E-state index contributed by atoms with van der Waals surface area (Å²) in [7, 11) is -0.613. The molecule has 0 amide bonds. The highest BCUT2D eigenvalue weighted by molar-refractivity contribution is 7.48. The predicted molar refractivity (Wildman–Crippen MR) is 77.8 cm³/mol. The Hall–Kier alpha value is -0.780. The van der Waals surface area contributed by atoms with Crippen molar-refractivity contribution < 1.29 is 22.9 Å². The standard InChI is InChI=1S/C14H22NO5P/c1-17-13-5-3-4-6-14(13)20-21(16,18-2)19-11-12-7-9-15-10-8-12/h7-10,13-14H,3-6,11H2,1-2H3. The average molecular weight is 315 g/mol. The van der Waals surface area contributed by atoms with Gasteiger partial charge in [-0.2, -0.15) is 0 Å². The number of ether oxygens (including phenoxy) is 1. The van der Waals surface area contributed by atoms with Crippen molar-refractivity contribution in [1.29, 1.82) is 0 Å². The molecule has 118 valence electrons. The number of rotatable bonds is 7. The summed E-state index contributed by atoms with van der Waals surface area (Å²) >= 11 is 0. The zero-order valence-electron chi connectivity index (χ0n) is 12.4. The zero-order valence-corrected chi connectivity index (χ0v) is 13.3. The normalized spacial score (nSPS) is 25.4. The molecule has 6 nitrogen and oxygen atoms in total. The maximum absolute atomic E-state index is 12.5. The van der Waals surface area contributed by atoms with Crippen molar-refractivity contribution in [1.82, 2.24) is 4.98 Å². The lowest BCUT2D eigenvalue weighted by Crippen LogP contribution is -2.33. The van der Waals surface area contributed by atoms with Crippen LogP contribution in [0, 0.1) is 0 Å². The van der Waals surface area contributed by atoms with Crippen molar-refractivity contribution in [2.24, 2.45) is 0 Å². The molecule has 2 rings (SSSR count). The zero-order chi connectivity index (χ0) is 15.1. The molecule has 1 aliphatic carbocycles. The number of aromatic nitrogens is 1. The fourth-order valence-corrected chi connectivity index (χ4v) is 3.51. The van der Waals surface area contributed by atoms with Gasteiger partial charge in [-0.3, -0.25) is 18.6 Å². The molecule has 1 fully saturated rings. The second-order valence-corrected chi connectivity index (χ2v) is 6.69. The molecule has 3 atom stereocenters. The van der Waals surface area contributed by atoms with Crippen LogP contribution in [0.5, 0.6) is 0 Å². The molecule has 1 aliphatic rings. The molecule has 0 aliphatic heterocycles. The molecule has 0 saturated heterocycles. The number of pyridine rings is 1. The van der Waals surface area contributed by atoms with E-state index in [1.807, 2.05) is 0 Å². The van der Waals surface area contributed by atoms with Gasteiger partial charge in [-0.15, -0.1) is 0 Å². The van der Waals surface area contributed by atoms with Crippen molar-refractivity contribution in [3.05, 3.63) is 30.1 Å². The van der Waals surface area contributed by atoms with E-state index >= 15 is 0 Å². The molecule has 1 saturated carbocycles. The van der Waals surface area contributed by atoms with Gasteiger partial charge in [0.1, 0.15) is 0 Å². The Morgan fingerprint density at radius 1 is 1.19 bits per heavy atom. The molecular weight excluding hydrogens is 293 g/mol. The number of nitrogens with zero attached hydrogens (tertiary/aromatic N) is 1. The van der Waals surface area contributed by atoms with Crippen LogP contribution in [0.3, 0.4) is 0 Å². The van der Waals surface area contributed by atoms with Gasteiger partial charge in [0.25, 0.3) is 0 Å². The Bertz CT molecular complexity index is 470. The minimum absolute atomic E-state index is 0.0632. The monoisotopic (exact) mass is 315 g/mol. The van der Waals surface area contributed by atoms with E-state index in [0.29, 0.717) is 0 Å².